The van der Waals surface area contributed by atoms with Gasteiger partial charge in [-0.3, -0.25) is 9.69 Å². The normalized spacial score (nSPS) is 14.5. The zero-order valence-corrected chi connectivity index (χ0v) is 18.1. The molecule has 4 rings (SSSR count). The number of amides is 1. The number of hydrogen-bond donors (Lipinski definition) is 0. The molecule has 1 saturated heterocycles. The summed E-state index contributed by atoms with van der Waals surface area (Å²) in [6.07, 6.45) is 0. The van der Waals surface area contributed by atoms with E-state index in [9.17, 15) is 4.79 Å². The third kappa shape index (κ3) is 4.72. The summed E-state index contributed by atoms with van der Waals surface area (Å²) < 4.78 is 16.5. The minimum absolute atomic E-state index is 0.0131. The average molecular weight is 421 g/mol. The molecule has 0 aliphatic carbocycles. The van der Waals surface area contributed by atoms with Gasteiger partial charge in [-0.1, -0.05) is 18.2 Å². The summed E-state index contributed by atoms with van der Waals surface area (Å²) in [7, 11) is 3.16. The molecule has 0 unspecified atom stereocenters. The highest BCUT2D eigenvalue weighted by Crippen LogP contribution is 2.25. The third-order valence-corrected chi connectivity index (χ3v) is 5.54. The van der Waals surface area contributed by atoms with Gasteiger partial charge in [-0.2, -0.15) is 0 Å². The molecule has 0 saturated carbocycles. The van der Waals surface area contributed by atoms with Gasteiger partial charge in [0, 0.05) is 49.9 Å². The van der Waals surface area contributed by atoms with Crippen molar-refractivity contribution in [3.8, 4) is 23.0 Å². The SMILES string of the molecule is COc1cc(OC)cc(C(=O)N2CCN(Cc3nc(-c4ccccc4)oc3C)CC2)c1. The molecule has 1 aliphatic heterocycles. The maximum Gasteiger partial charge on any atom is 0.254 e. The molecule has 2 heterocycles. The van der Waals surface area contributed by atoms with Gasteiger partial charge in [-0.25, -0.2) is 4.98 Å². The minimum atomic E-state index is -0.0131. The minimum Gasteiger partial charge on any atom is -0.497 e. The van der Waals surface area contributed by atoms with Crippen LogP contribution < -0.4 is 9.47 Å². The van der Waals surface area contributed by atoms with Gasteiger partial charge in [0.25, 0.3) is 5.91 Å². The summed E-state index contributed by atoms with van der Waals surface area (Å²) in [4.78, 5) is 21.9. The number of ether oxygens (including phenoxy) is 2. The van der Waals surface area contributed by atoms with Crippen molar-refractivity contribution in [3.63, 3.8) is 0 Å². The fourth-order valence-electron chi connectivity index (χ4n) is 3.71. The van der Waals surface area contributed by atoms with E-state index in [1.807, 2.05) is 42.2 Å². The van der Waals surface area contributed by atoms with Crippen LogP contribution in [0.15, 0.2) is 52.9 Å². The predicted molar refractivity (Wildman–Crippen MR) is 117 cm³/mol. The number of piperazine rings is 1. The number of methoxy groups -OCH3 is 2. The van der Waals surface area contributed by atoms with Crippen molar-refractivity contribution in [2.24, 2.45) is 0 Å². The Bertz CT molecular complexity index is 1020. The lowest BCUT2D eigenvalue weighted by Gasteiger charge is -2.34. The zero-order chi connectivity index (χ0) is 21.8. The van der Waals surface area contributed by atoms with Crippen LogP contribution in [-0.4, -0.2) is 61.1 Å². The van der Waals surface area contributed by atoms with Crippen LogP contribution in [-0.2, 0) is 6.54 Å². The van der Waals surface area contributed by atoms with Crippen molar-refractivity contribution in [3.05, 3.63) is 65.5 Å². The van der Waals surface area contributed by atoms with E-state index in [2.05, 4.69) is 4.90 Å². The molecule has 0 bridgehead atoms. The molecular formula is C24H27N3O4. The number of aryl methyl sites for hydroxylation is 1. The van der Waals surface area contributed by atoms with Gasteiger partial charge in [-0.15, -0.1) is 0 Å². The van der Waals surface area contributed by atoms with E-state index in [1.54, 1.807) is 32.4 Å². The van der Waals surface area contributed by atoms with Gasteiger partial charge >= 0.3 is 0 Å². The highest BCUT2D eigenvalue weighted by Gasteiger charge is 2.24. The molecule has 7 heteroatoms. The lowest BCUT2D eigenvalue weighted by molar-refractivity contribution is 0.0626. The molecule has 1 amide bonds. The first-order chi connectivity index (χ1) is 15.1. The van der Waals surface area contributed by atoms with Crippen molar-refractivity contribution in [2.45, 2.75) is 13.5 Å². The highest BCUT2D eigenvalue weighted by molar-refractivity contribution is 5.95. The molecule has 0 spiro atoms. The maximum absolute atomic E-state index is 13.0. The van der Waals surface area contributed by atoms with E-state index < -0.39 is 0 Å². The number of carbonyl (C=O) groups is 1. The Hall–Kier alpha value is -3.32. The van der Waals surface area contributed by atoms with Crippen LogP contribution in [0.25, 0.3) is 11.5 Å². The molecule has 0 N–H and O–H groups in total. The third-order valence-electron chi connectivity index (χ3n) is 5.54. The number of benzene rings is 2. The Morgan fingerprint density at radius 2 is 1.65 bits per heavy atom. The van der Waals surface area contributed by atoms with Gasteiger partial charge in [-0.05, 0) is 31.2 Å². The van der Waals surface area contributed by atoms with E-state index in [0.717, 1.165) is 30.1 Å². The van der Waals surface area contributed by atoms with Crippen LogP contribution in [0.4, 0.5) is 0 Å². The van der Waals surface area contributed by atoms with Gasteiger partial charge in [0.2, 0.25) is 5.89 Å². The average Bonchev–Trinajstić information content (AvgIpc) is 3.19. The molecule has 1 aliphatic rings. The Morgan fingerprint density at radius 1 is 1.00 bits per heavy atom. The lowest BCUT2D eigenvalue weighted by atomic mass is 10.1. The number of rotatable bonds is 6. The van der Waals surface area contributed by atoms with Gasteiger partial charge < -0.3 is 18.8 Å². The largest absolute Gasteiger partial charge is 0.497 e. The topological polar surface area (TPSA) is 68.0 Å². The molecule has 0 radical (unpaired) electrons. The molecule has 0 atom stereocenters. The molecule has 2 aromatic carbocycles. The summed E-state index contributed by atoms with van der Waals surface area (Å²) in [5.41, 5.74) is 2.49. The molecule has 31 heavy (non-hydrogen) atoms. The van der Waals surface area contributed by atoms with Crippen molar-refractivity contribution in [1.82, 2.24) is 14.8 Å². The Balaban J connectivity index is 1.38. The van der Waals surface area contributed by atoms with Crippen LogP contribution >= 0.6 is 0 Å². The Labute approximate surface area is 182 Å². The molecule has 7 nitrogen and oxygen atoms in total. The van der Waals surface area contributed by atoms with E-state index in [-0.39, 0.29) is 5.91 Å². The van der Waals surface area contributed by atoms with Crippen molar-refractivity contribution in [2.75, 3.05) is 40.4 Å². The van der Waals surface area contributed by atoms with Gasteiger partial charge in [0.15, 0.2) is 0 Å². The number of hydrogen-bond acceptors (Lipinski definition) is 6. The smallest absolute Gasteiger partial charge is 0.254 e. The van der Waals surface area contributed by atoms with Crippen molar-refractivity contribution < 1.29 is 18.7 Å². The lowest BCUT2D eigenvalue weighted by Crippen LogP contribution is -2.48. The van der Waals surface area contributed by atoms with Crippen molar-refractivity contribution >= 4 is 5.91 Å². The maximum atomic E-state index is 13.0. The summed E-state index contributed by atoms with van der Waals surface area (Å²) in [5.74, 6) is 2.68. The predicted octanol–water partition coefficient (Wildman–Crippen LogP) is 3.63. The van der Waals surface area contributed by atoms with E-state index in [1.165, 1.54) is 0 Å². The number of oxazole rings is 1. The second-order valence-electron chi connectivity index (χ2n) is 7.56. The van der Waals surface area contributed by atoms with Crippen LogP contribution in [0, 0.1) is 6.92 Å². The number of aromatic nitrogens is 1. The number of carbonyl (C=O) groups excluding carboxylic acids is 1. The van der Waals surface area contributed by atoms with Crippen LogP contribution in [0.5, 0.6) is 11.5 Å². The zero-order valence-electron chi connectivity index (χ0n) is 18.1. The van der Waals surface area contributed by atoms with E-state index >= 15 is 0 Å². The van der Waals surface area contributed by atoms with Crippen LogP contribution in [0.2, 0.25) is 0 Å². The standard InChI is InChI=1S/C24H27N3O4/c1-17-22(25-23(31-17)18-7-5-4-6-8-18)16-26-9-11-27(12-10-26)24(28)19-13-20(29-2)15-21(14-19)30-3/h4-8,13-15H,9-12,16H2,1-3H3. The molecule has 162 valence electrons. The molecule has 1 fully saturated rings. The first kappa shape index (κ1) is 20.9. The Kier molecular flexibility index (Phi) is 6.23. The quantitative estimate of drug-likeness (QED) is 0.606. The first-order valence-electron chi connectivity index (χ1n) is 10.3. The second-order valence-corrected chi connectivity index (χ2v) is 7.56. The molecule has 1 aromatic heterocycles. The van der Waals surface area contributed by atoms with E-state index in [0.29, 0.717) is 42.6 Å². The highest BCUT2D eigenvalue weighted by atomic mass is 16.5. The summed E-state index contributed by atoms with van der Waals surface area (Å²) >= 11 is 0. The summed E-state index contributed by atoms with van der Waals surface area (Å²) in [5, 5.41) is 0. The monoisotopic (exact) mass is 421 g/mol. The second kappa shape index (κ2) is 9.22. The van der Waals surface area contributed by atoms with Crippen LogP contribution in [0.3, 0.4) is 0 Å². The van der Waals surface area contributed by atoms with Gasteiger partial charge in [0.1, 0.15) is 17.3 Å². The molecule has 3 aromatic rings. The number of nitrogens with zero attached hydrogens (tertiary/aromatic N) is 3. The van der Waals surface area contributed by atoms with Crippen molar-refractivity contribution in [1.29, 1.82) is 0 Å². The van der Waals surface area contributed by atoms with E-state index in [4.69, 9.17) is 18.9 Å². The summed E-state index contributed by atoms with van der Waals surface area (Å²) in [6.45, 7) is 5.52. The first-order valence-corrected chi connectivity index (χ1v) is 10.3. The van der Waals surface area contributed by atoms with Gasteiger partial charge in [0.05, 0.1) is 19.9 Å². The fraction of sp³-hybridized carbons (Fsp3) is 0.333. The Morgan fingerprint density at radius 3 is 2.26 bits per heavy atom. The molecular weight excluding hydrogens is 394 g/mol. The fourth-order valence-corrected chi connectivity index (χ4v) is 3.71. The van der Waals surface area contributed by atoms with Crippen LogP contribution in [0.1, 0.15) is 21.8 Å². The summed E-state index contributed by atoms with van der Waals surface area (Å²) in [6, 6.07) is 15.2.